The van der Waals surface area contributed by atoms with Crippen LogP contribution in [0.25, 0.3) is 0 Å². The number of likely N-dealkylation sites (tertiary alicyclic amines) is 1. The highest BCUT2D eigenvalue weighted by Crippen LogP contribution is 2.20. The largest absolute Gasteiger partial charge is 0.481 e. The van der Waals surface area contributed by atoms with Crippen LogP contribution in [-0.4, -0.2) is 234 Å². The Labute approximate surface area is 550 Å². The second-order valence-electron chi connectivity index (χ2n) is 22.5. The van der Waals surface area contributed by atoms with E-state index in [1.165, 1.54) is 18.7 Å². The number of aliphatic hydroxyl groups excluding tert-OH is 1. The third-order valence-electron chi connectivity index (χ3n) is 14.6. The van der Waals surface area contributed by atoms with Crippen LogP contribution in [0.1, 0.15) is 129 Å². The van der Waals surface area contributed by atoms with Gasteiger partial charge in [-0.25, -0.2) is 0 Å². The Hall–Kier alpha value is -9.44. The number of aliphatic carboxylic acids is 2. The molecule has 1 rings (SSSR count). The third kappa shape index (κ3) is 34.9. The summed E-state index contributed by atoms with van der Waals surface area (Å²) < 4.78 is 0. The number of nitrogens with zero attached hydrogens (tertiary/aromatic N) is 5. The van der Waals surface area contributed by atoms with Crippen molar-refractivity contribution < 1.29 is 72.9 Å². The summed E-state index contributed by atoms with van der Waals surface area (Å²) in [6, 6.07) is -14.3. The van der Waals surface area contributed by atoms with Gasteiger partial charge in [0.1, 0.15) is 67.0 Å². The van der Waals surface area contributed by atoms with Crippen LogP contribution < -0.4 is 111 Å². The van der Waals surface area contributed by atoms with Gasteiger partial charge < -0.3 is 131 Å². The van der Waals surface area contributed by atoms with Crippen molar-refractivity contribution in [1.29, 1.82) is 0 Å². The van der Waals surface area contributed by atoms with Crippen LogP contribution in [0.5, 0.6) is 0 Å². The first-order valence-electron chi connectivity index (χ1n) is 31.3. The number of guanidine groups is 4. The molecule has 0 saturated carbocycles. The molecule has 95 heavy (non-hydrogen) atoms. The number of aliphatic hydroxyl groups is 1. The van der Waals surface area contributed by atoms with E-state index in [9.17, 15) is 67.7 Å². The fraction of sp³-hybridized carbons (Fsp3) is 0.709. The SMILES string of the molecule is C[C@H](NC(=O)[C@H](CCCCN)NC(=O)[C@H](CCCCN)NC(=O)[C@H](CCCN=C(N)N)NC(=O)[C@H](CCCN=C(N)N)NC(=O)[C@H](CCCN=C(N)N)NC(=O)[C@H](CCC(=O)O)NC(=O)[C@H](CCCN=C(N)N)NC(=O)[C@@H]1CCCN1C(=O)[C@@H](N)[C@@H](C)O)C(=O)NCC(=O)O. The van der Waals surface area contributed by atoms with Gasteiger partial charge in [-0.3, -0.25) is 77.5 Å². The molecule has 0 aromatic rings. The van der Waals surface area contributed by atoms with Crippen molar-refractivity contribution in [2.45, 2.75) is 196 Å². The van der Waals surface area contributed by atoms with E-state index >= 15 is 0 Å². The van der Waals surface area contributed by atoms with E-state index in [2.05, 4.69) is 67.8 Å². The number of aliphatic imine (C=N–C) groups is 4. The number of carboxylic acid groups (broad SMARTS) is 2. The molecule has 1 aliphatic rings. The van der Waals surface area contributed by atoms with Gasteiger partial charge in [0.15, 0.2) is 23.8 Å². The van der Waals surface area contributed by atoms with Crippen molar-refractivity contribution in [3.8, 4) is 0 Å². The number of rotatable bonds is 48. The van der Waals surface area contributed by atoms with Gasteiger partial charge in [0.05, 0.1) is 6.10 Å². The number of nitrogens with one attached hydrogen (secondary N) is 9. The smallest absolute Gasteiger partial charge is 0.322 e. The minimum Gasteiger partial charge on any atom is -0.481 e. The Bertz CT molecular complexity index is 2650. The van der Waals surface area contributed by atoms with Gasteiger partial charge in [0.2, 0.25) is 59.1 Å². The highest BCUT2D eigenvalue weighted by Gasteiger charge is 2.40. The van der Waals surface area contributed by atoms with Gasteiger partial charge >= 0.3 is 11.9 Å². The molecule has 0 aromatic carbocycles. The number of unbranched alkanes of at least 4 members (excludes halogenated alkanes) is 2. The second kappa shape index (κ2) is 45.8. The van der Waals surface area contributed by atoms with E-state index in [0.29, 0.717) is 25.7 Å². The number of carbonyl (C=O) groups excluding carboxylic acids is 10. The zero-order valence-corrected chi connectivity index (χ0v) is 54.1. The van der Waals surface area contributed by atoms with E-state index in [1.54, 1.807) is 0 Å². The molecule has 1 fully saturated rings. The molecule has 0 aliphatic carbocycles. The molecule has 0 aromatic heterocycles. The molecule has 0 radical (unpaired) electrons. The number of nitrogens with two attached hydrogens (primary N) is 11. The molecule has 1 saturated heterocycles. The topological polar surface area (TPSA) is 713 Å². The lowest BCUT2D eigenvalue weighted by Crippen LogP contribution is -2.60. The zero-order valence-electron chi connectivity index (χ0n) is 54.1. The quantitative estimate of drug-likeness (QED) is 0.0153. The summed E-state index contributed by atoms with van der Waals surface area (Å²) in [6.07, 6.45) is -1.42. The van der Waals surface area contributed by atoms with Crippen molar-refractivity contribution in [3.05, 3.63) is 0 Å². The molecular weight excluding hydrogens is 1250 g/mol. The third-order valence-corrected chi connectivity index (χ3v) is 14.6. The fourth-order valence-corrected chi connectivity index (χ4v) is 9.45. The summed E-state index contributed by atoms with van der Waals surface area (Å²) in [7, 11) is 0. The Morgan fingerprint density at radius 2 is 0.758 bits per heavy atom. The van der Waals surface area contributed by atoms with Gasteiger partial charge in [-0.2, -0.15) is 0 Å². The lowest BCUT2D eigenvalue weighted by Gasteiger charge is -2.30. The molecule has 34 N–H and O–H groups in total. The average Bonchev–Trinajstić information content (AvgIpc) is 1.91. The molecule has 10 amide bonds. The molecule has 11 atom stereocenters. The van der Waals surface area contributed by atoms with Crippen molar-refractivity contribution in [3.63, 3.8) is 0 Å². The van der Waals surface area contributed by atoms with Crippen molar-refractivity contribution in [1.82, 2.24) is 52.8 Å². The number of carboxylic acids is 2. The molecule has 1 heterocycles. The van der Waals surface area contributed by atoms with E-state index in [4.69, 9.17) is 68.2 Å². The van der Waals surface area contributed by atoms with Gasteiger partial charge in [-0.1, -0.05) is 0 Å². The monoisotopic (exact) mass is 1350 g/mol. The van der Waals surface area contributed by atoms with Crippen LogP contribution in [0.15, 0.2) is 20.0 Å². The van der Waals surface area contributed by atoms with Crippen molar-refractivity contribution in [2.75, 3.05) is 52.4 Å². The maximum Gasteiger partial charge on any atom is 0.322 e. The number of amides is 10. The first-order valence-corrected chi connectivity index (χ1v) is 31.3. The number of hydrogen-bond donors (Lipinski definition) is 23. The fourth-order valence-electron chi connectivity index (χ4n) is 9.45. The summed E-state index contributed by atoms with van der Waals surface area (Å²) in [4.78, 5) is 180. The van der Waals surface area contributed by atoms with Crippen molar-refractivity contribution >= 4 is 94.8 Å². The number of carbonyl (C=O) groups is 12. The molecule has 538 valence electrons. The van der Waals surface area contributed by atoms with E-state index < -0.39 is 157 Å². The number of hydrogen-bond acceptors (Lipinski definition) is 20. The maximum atomic E-state index is 14.7. The van der Waals surface area contributed by atoms with Crippen LogP contribution in [0.3, 0.4) is 0 Å². The normalized spacial score (nSPS) is 15.6. The summed E-state index contributed by atoms with van der Waals surface area (Å²) in [5.41, 5.74) is 61.8. The molecular formula is C55H103N25O15. The Kier molecular flexibility index (Phi) is 40.3. The van der Waals surface area contributed by atoms with Crippen LogP contribution >= 0.6 is 0 Å². The average molecular weight is 1350 g/mol. The van der Waals surface area contributed by atoms with E-state index in [0.717, 1.165) is 0 Å². The predicted molar refractivity (Wildman–Crippen MR) is 348 cm³/mol. The van der Waals surface area contributed by atoms with Crippen LogP contribution in [0.4, 0.5) is 0 Å². The predicted octanol–water partition coefficient (Wildman–Crippen LogP) is -9.88. The minimum absolute atomic E-state index is 0.00573. The highest BCUT2D eigenvalue weighted by molar-refractivity contribution is 5.99. The summed E-state index contributed by atoms with van der Waals surface area (Å²) >= 11 is 0. The standard InChI is InChI=1S/C55H103N25O15/c1-29(42(86)71-28-40(84)85)72-43(87)31(12-3-5-21-56)73-44(88)32(13-4-6-22-57)74-45(89)33(14-7-23-67-52(59)60)75-46(90)34(15-8-24-68-53(61)62)76-47(91)35(16-9-25-69-54(63)64)77-49(93)37(19-20-39(82)83)78-48(92)36(17-10-26-70-55(65)66)79-50(94)38-18-11-27-80(38)51(95)41(58)30(2)81/h29-38,41,81H,3-28,56-58H2,1-2H3,(H,71,86)(H,72,87)(H,73,88)(H,74,89)(H,75,90)(H,76,91)(H,77,93)(H,78,92)(H,79,94)(H,82,83)(H,84,85)(H4,59,60,67)(H4,61,62,68)(H4,63,64,69)(H4,65,66,70)/t29-,30+,31-,32-,33-,34-,35-,36-,37-,38-,41-/m0/s1. The summed E-state index contributed by atoms with van der Waals surface area (Å²) in [5.74, 6) is -13.0. The van der Waals surface area contributed by atoms with Gasteiger partial charge in [0.25, 0.3) is 0 Å². The van der Waals surface area contributed by atoms with Crippen LogP contribution in [0.2, 0.25) is 0 Å². The Morgan fingerprint density at radius 1 is 0.442 bits per heavy atom. The Balaban J connectivity index is 3.86. The zero-order chi connectivity index (χ0) is 71.7. The molecule has 0 unspecified atom stereocenters. The maximum absolute atomic E-state index is 14.7. The summed E-state index contributed by atoms with van der Waals surface area (Å²) in [5, 5.41) is 51.5. The highest BCUT2D eigenvalue weighted by atomic mass is 16.4. The molecule has 40 nitrogen and oxygen atoms in total. The Morgan fingerprint density at radius 3 is 1.06 bits per heavy atom. The first kappa shape index (κ1) is 83.6. The van der Waals surface area contributed by atoms with Gasteiger partial charge in [-0.05, 0) is 136 Å². The lowest BCUT2D eigenvalue weighted by molar-refractivity contribution is -0.142. The van der Waals surface area contributed by atoms with Crippen LogP contribution in [0, 0.1) is 0 Å². The molecule has 1 aliphatic heterocycles. The second-order valence-corrected chi connectivity index (χ2v) is 22.5. The van der Waals surface area contributed by atoms with E-state index in [-0.39, 0.29) is 147 Å². The molecule has 40 heteroatoms. The summed E-state index contributed by atoms with van der Waals surface area (Å²) in [6.45, 7) is 2.14. The van der Waals surface area contributed by atoms with Gasteiger partial charge in [-0.15, -0.1) is 0 Å². The molecule has 0 bridgehead atoms. The van der Waals surface area contributed by atoms with Gasteiger partial charge in [0, 0.05) is 39.1 Å². The van der Waals surface area contributed by atoms with E-state index in [1.807, 2.05) is 0 Å². The lowest BCUT2D eigenvalue weighted by atomic mass is 10.0. The first-order chi connectivity index (χ1) is 44.8. The molecule has 0 spiro atoms. The minimum atomic E-state index is -1.73. The van der Waals surface area contributed by atoms with Crippen LogP contribution in [-0.2, 0) is 57.5 Å². The van der Waals surface area contributed by atoms with Crippen molar-refractivity contribution in [2.24, 2.45) is 83.0 Å².